The second-order valence-electron chi connectivity index (χ2n) is 4.49. The summed E-state index contributed by atoms with van der Waals surface area (Å²) in [5.74, 6) is -1.40. The SMILES string of the molecule is CCC(O)CCCNC(=O)c1cc(Br)cc(C(=O)O)c1. The van der Waals surface area contributed by atoms with Crippen LogP contribution in [0.25, 0.3) is 0 Å². The van der Waals surface area contributed by atoms with Gasteiger partial charge >= 0.3 is 5.97 Å². The molecule has 0 spiro atoms. The summed E-state index contributed by atoms with van der Waals surface area (Å²) in [6.07, 6.45) is 1.67. The molecule has 1 amide bonds. The average Bonchev–Trinajstić information content (AvgIpc) is 2.42. The Kier molecular flexibility index (Phi) is 6.67. The van der Waals surface area contributed by atoms with Crippen molar-refractivity contribution < 1.29 is 19.8 Å². The predicted molar refractivity (Wildman–Crippen MR) is 79.0 cm³/mol. The van der Waals surface area contributed by atoms with Gasteiger partial charge in [0.2, 0.25) is 0 Å². The Morgan fingerprint density at radius 1 is 1.30 bits per heavy atom. The Morgan fingerprint density at radius 3 is 2.55 bits per heavy atom. The number of carboxylic acids is 1. The first-order valence-electron chi connectivity index (χ1n) is 6.44. The zero-order chi connectivity index (χ0) is 15.1. The number of halogens is 1. The minimum Gasteiger partial charge on any atom is -0.478 e. The van der Waals surface area contributed by atoms with Crippen LogP contribution in [0.4, 0.5) is 0 Å². The van der Waals surface area contributed by atoms with Crippen LogP contribution >= 0.6 is 15.9 Å². The molecule has 1 aromatic rings. The molecule has 110 valence electrons. The summed E-state index contributed by atoms with van der Waals surface area (Å²) >= 11 is 3.18. The molecule has 0 aliphatic rings. The maximum absolute atomic E-state index is 11.9. The molecule has 1 aromatic carbocycles. The zero-order valence-electron chi connectivity index (χ0n) is 11.2. The lowest BCUT2D eigenvalue weighted by Gasteiger charge is -2.09. The Bertz CT molecular complexity index is 490. The van der Waals surface area contributed by atoms with Crippen LogP contribution in [-0.2, 0) is 0 Å². The quantitative estimate of drug-likeness (QED) is 0.663. The van der Waals surface area contributed by atoms with Gasteiger partial charge in [0, 0.05) is 16.6 Å². The maximum Gasteiger partial charge on any atom is 0.335 e. The number of aromatic carboxylic acids is 1. The number of carbonyl (C=O) groups is 2. The molecular weight excluding hydrogens is 326 g/mol. The van der Waals surface area contributed by atoms with Gasteiger partial charge in [-0.05, 0) is 37.5 Å². The lowest BCUT2D eigenvalue weighted by molar-refractivity contribution is 0.0696. The van der Waals surface area contributed by atoms with E-state index in [1.165, 1.54) is 12.1 Å². The number of aliphatic hydroxyl groups excluding tert-OH is 1. The molecule has 0 aliphatic heterocycles. The molecule has 0 saturated carbocycles. The Morgan fingerprint density at radius 2 is 1.95 bits per heavy atom. The number of amides is 1. The van der Waals surface area contributed by atoms with E-state index in [2.05, 4.69) is 21.2 Å². The maximum atomic E-state index is 11.9. The fraction of sp³-hybridized carbons (Fsp3) is 0.429. The van der Waals surface area contributed by atoms with Crippen molar-refractivity contribution in [2.45, 2.75) is 32.3 Å². The molecule has 1 rings (SSSR count). The summed E-state index contributed by atoms with van der Waals surface area (Å²) in [6.45, 7) is 2.35. The highest BCUT2D eigenvalue weighted by atomic mass is 79.9. The number of carboxylic acid groups (broad SMARTS) is 1. The van der Waals surface area contributed by atoms with Crippen molar-refractivity contribution in [2.75, 3.05) is 6.54 Å². The van der Waals surface area contributed by atoms with Crippen LogP contribution in [0.2, 0.25) is 0 Å². The Hall–Kier alpha value is -1.40. The number of nitrogens with one attached hydrogen (secondary N) is 1. The van der Waals surface area contributed by atoms with E-state index in [1.807, 2.05) is 6.92 Å². The summed E-state index contributed by atoms with van der Waals surface area (Å²) in [6, 6.07) is 4.35. The second-order valence-corrected chi connectivity index (χ2v) is 5.41. The van der Waals surface area contributed by atoms with E-state index in [4.69, 9.17) is 5.11 Å². The molecule has 0 aliphatic carbocycles. The van der Waals surface area contributed by atoms with Gasteiger partial charge < -0.3 is 15.5 Å². The van der Waals surface area contributed by atoms with E-state index in [1.54, 1.807) is 6.07 Å². The van der Waals surface area contributed by atoms with Gasteiger partial charge in [-0.3, -0.25) is 4.79 Å². The second kappa shape index (κ2) is 8.01. The van der Waals surface area contributed by atoms with Crippen LogP contribution in [0.15, 0.2) is 22.7 Å². The van der Waals surface area contributed by atoms with Gasteiger partial charge in [0.25, 0.3) is 5.91 Å². The fourth-order valence-electron chi connectivity index (χ4n) is 1.69. The molecule has 1 atom stereocenters. The molecule has 0 aromatic heterocycles. The average molecular weight is 344 g/mol. The van der Waals surface area contributed by atoms with Crippen LogP contribution in [0.1, 0.15) is 46.9 Å². The van der Waals surface area contributed by atoms with Gasteiger partial charge in [-0.15, -0.1) is 0 Å². The monoisotopic (exact) mass is 343 g/mol. The number of carbonyl (C=O) groups excluding carboxylic acids is 1. The standard InChI is InChI=1S/C14H18BrNO4/c1-2-12(17)4-3-5-16-13(18)9-6-10(14(19)20)8-11(15)7-9/h6-8,12,17H,2-5H2,1H3,(H,16,18)(H,19,20). The molecule has 3 N–H and O–H groups in total. The van der Waals surface area contributed by atoms with Gasteiger partial charge in [-0.1, -0.05) is 22.9 Å². The van der Waals surface area contributed by atoms with Crippen LogP contribution in [0.3, 0.4) is 0 Å². The third kappa shape index (κ3) is 5.30. The Labute approximate surface area is 126 Å². The summed E-state index contributed by atoms with van der Waals surface area (Å²) in [5.41, 5.74) is 0.360. The number of hydrogen-bond acceptors (Lipinski definition) is 3. The molecular formula is C14H18BrNO4. The predicted octanol–water partition coefficient (Wildman–Crippen LogP) is 2.43. The number of hydrogen-bond donors (Lipinski definition) is 3. The van der Waals surface area contributed by atoms with E-state index in [0.29, 0.717) is 35.8 Å². The minimum atomic E-state index is -1.08. The highest BCUT2D eigenvalue weighted by molar-refractivity contribution is 9.10. The fourth-order valence-corrected chi connectivity index (χ4v) is 2.18. The van der Waals surface area contributed by atoms with Crippen molar-refractivity contribution in [1.29, 1.82) is 0 Å². The van der Waals surface area contributed by atoms with Gasteiger partial charge in [-0.2, -0.15) is 0 Å². The molecule has 0 bridgehead atoms. The van der Waals surface area contributed by atoms with E-state index < -0.39 is 5.97 Å². The van der Waals surface area contributed by atoms with E-state index in [9.17, 15) is 14.7 Å². The van der Waals surface area contributed by atoms with Crippen molar-refractivity contribution >= 4 is 27.8 Å². The first-order chi connectivity index (χ1) is 9.43. The number of rotatable bonds is 7. The highest BCUT2D eigenvalue weighted by Crippen LogP contribution is 2.16. The summed E-state index contributed by atoms with van der Waals surface area (Å²) in [7, 11) is 0. The third-order valence-electron chi connectivity index (χ3n) is 2.88. The number of aliphatic hydroxyl groups is 1. The zero-order valence-corrected chi connectivity index (χ0v) is 12.8. The van der Waals surface area contributed by atoms with Gasteiger partial charge in [-0.25, -0.2) is 4.79 Å². The molecule has 6 heteroatoms. The molecule has 1 unspecified atom stereocenters. The van der Waals surface area contributed by atoms with E-state index in [0.717, 1.165) is 0 Å². The molecule has 20 heavy (non-hydrogen) atoms. The minimum absolute atomic E-state index is 0.0610. The summed E-state index contributed by atoms with van der Waals surface area (Å²) in [5, 5.41) is 21.0. The van der Waals surface area contributed by atoms with Crippen LogP contribution in [0, 0.1) is 0 Å². The van der Waals surface area contributed by atoms with Crippen molar-refractivity contribution in [3.8, 4) is 0 Å². The van der Waals surface area contributed by atoms with Crippen molar-refractivity contribution in [3.05, 3.63) is 33.8 Å². The summed E-state index contributed by atoms with van der Waals surface area (Å²) < 4.78 is 0.545. The molecule has 0 fully saturated rings. The first-order valence-corrected chi connectivity index (χ1v) is 7.23. The van der Waals surface area contributed by atoms with Gasteiger partial charge in [0.05, 0.1) is 11.7 Å². The first kappa shape index (κ1) is 16.7. The Balaban J connectivity index is 2.57. The smallest absolute Gasteiger partial charge is 0.335 e. The van der Waals surface area contributed by atoms with Crippen molar-refractivity contribution in [3.63, 3.8) is 0 Å². The van der Waals surface area contributed by atoms with E-state index >= 15 is 0 Å². The largest absolute Gasteiger partial charge is 0.478 e. The van der Waals surface area contributed by atoms with Crippen molar-refractivity contribution in [2.24, 2.45) is 0 Å². The van der Waals surface area contributed by atoms with Crippen molar-refractivity contribution in [1.82, 2.24) is 5.32 Å². The lowest BCUT2D eigenvalue weighted by atomic mass is 10.1. The molecule has 5 nitrogen and oxygen atoms in total. The van der Waals surface area contributed by atoms with Crippen LogP contribution in [-0.4, -0.2) is 34.7 Å². The lowest BCUT2D eigenvalue weighted by Crippen LogP contribution is -2.25. The third-order valence-corrected chi connectivity index (χ3v) is 3.34. The molecule has 0 saturated heterocycles. The number of benzene rings is 1. The summed E-state index contributed by atoms with van der Waals surface area (Å²) in [4.78, 5) is 22.8. The van der Waals surface area contributed by atoms with Gasteiger partial charge in [0.1, 0.15) is 0 Å². The topological polar surface area (TPSA) is 86.6 Å². The van der Waals surface area contributed by atoms with E-state index in [-0.39, 0.29) is 17.6 Å². The molecule has 0 radical (unpaired) electrons. The van der Waals surface area contributed by atoms with Crippen LogP contribution in [0.5, 0.6) is 0 Å². The highest BCUT2D eigenvalue weighted by Gasteiger charge is 2.11. The van der Waals surface area contributed by atoms with Crippen LogP contribution < -0.4 is 5.32 Å². The van der Waals surface area contributed by atoms with Gasteiger partial charge in [0.15, 0.2) is 0 Å². The normalized spacial score (nSPS) is 11.9. The molecule has 0 heterocycles.